The molecule has 26 heavy (non-hydrogen) atoms. The lowest BCUT2D eigenvalue weighted by molar-refractivity contribution is -0.147. The van der Waals surface area contributed by atoms with E-state index in [0.717, 1.165) is 23.4 Å². The van der Waals surface area contributed by atoms with Crippen LogP contribution in [0.15, 0.2) is 42.5 Å². The fourth-order valence-electron chi connectivity index (χ4n) is 2.10. The Kier molecular flexibility index (Phi) is 7.08. The highest BCUT2D eigenvalue weighted by Gasteiger charge is 2.09. The fourth-order valence-corrected chi connectivity index (χ4v) is 2.10. The summed E-state index contributed by atoms with van der Waals surface area (Å²) in [6.07, 6.45) is 0.543. The van der Waals surface area contributed by atoms with Crippen LogP contribution in [0.2, 0.25) is 0 Å². The lowest BCUT2D eigenvalue weighted by Gasteiger charge is -2.08. The van der Waals surface area contributed by atoms with Crippen LogP contribution in [-0.2, 0) is 14.3 Å². The molecule has 1 N–H and O–H groups in total. The number of ether oxygens (including phenoxy) is 2. The standard InChI is InChI=1S/C19H19F2NO4/c1-13-4-2-5-15(10-13)25-9-3-6-19(24)26-12-18(23)22-14-7-8-16(20)17(21)11-14/h2,4-5,7-8,10-11H,3,6,9,12H2,1H3,(H,22,23). The van der Waals surface area contributed by atoms with Crippen LogP contribution in [0.4, 0.5) is 14.5 Å². The Balaban J connectivity index is 1.63. The molecule has 0 bridgehead atoms. The first-order chi connectivity index (χ1) is 12.4. The van der Waals surface area contributed by atoms with Crippen molar-refractivity contribution in [1.82, 2.24) is 0 Å². The van der Waals surface area contributed by atoms with Crippen molar-refractivity contribution in [2.45, 2.75) is 19.8 Å². The van der Waals surface area contributed by atoms with Crippen molar-refractivity contribution in [3.05, 3.63) is 59.7 Å². The van der Waals surface area contributed by atoms with E-state index < -0.39 is 30.1 Å². The van der Waals surface area contributed by atoms with E-state index in [0.29, 0.717) is 13.0 Å². The lowest BCUT2D eigenvalue weighted by Crippen LogP contribution is -2.21. The molecule has 0 atom stereocenters. The molecule has 0 spiro atoms. The Morgan fingerprint density at radius 1 is 1.08 bits per heavy atom. The second kappa shape index (κ2) is 9.50. The van der Waals surface area contributed by atoms with Gasteiger partial charge in [-0.1, -0.05) is 12.1 Å². The van der Waals surface area contributed by atoms with E-state index in [1.165, 1.54) is 6.07 Å². The van der Waals surface area contributed by atoms with Gasteiger partial charge in [-0.25, -0.2) is 8.78 Å². The van der Waals surface area contributed by atoms with Gasteiger partial charge < -0.3 is 14.8 Å². The second-order valence-corrected chi connectivity index (χ2v) is 5.61. The summed E-state index contributed by atoms with van der Waals surface area (Å²) < 4.78 is 36.2. The van der Waals surface area contributed by atoms with Gasteiger partial charge in [0.25, 0.3) is 5.91 Å². The molecule has 0 aliphatic carbocycles. The zero-order valence-electron chi connectivity index (χ0n) is 14.3. The predicted molar refractivity (Wildman–Crippen MR) is 91.9 cm³/mol. The third-order valence-electron chi connectivity index (χ3n) is 3.35. The molecule has 0 saturated heterocycles. The van der Waals surface area contributed by atoms with Crippen molar-refractivity contribution in [3.63, 3.8) is 0 Å². The average Bonchev–Trinajstić information content (AvgIpc) is 2.60. The molecule has 138 valence electrons. The summed E-state index contributed by atoms with van der Waals surface area (Å²) in [5.74, 6) is -2.54. The highest BCUT2D eigenvalue weighted by Crippen LogP contribution is 2.14. The first-order valence-electron chi connectivity index (χ1n) is 8.04. The topological polar surface area (TPSA) is 64.6 Å². The fraction of sp³-hybridized carbons (Fsp3) is 0.263. The zero-order chi connectivity index (χ0) is 18.9. The third-order valence-corrected chi connectivity index (χ3v) is 3.35. The minimum Gasteiger partial charge on any atom is -0.494 e. The van der Waals surface area contributed by atoms with Crippen LogP contribution < -0.4 is 10.1 Å². The molecule has 0 aliphatic rings. The zero-order valence-corrected chi connectivity index (χ0v) is 14.3. The Morgan fingerprint density at radius 3 is 2.62 bits per heavy atom. The first kappa shape index (κ1) is 19.4. The maximum Gasteiger partial charge on any atom is 0.306 e. The van der Waals surface area contributed by atoms with E-state index in [-0.39, 0.29) is 12.1 Å². The molecule has 5 nitrogen and oxygen atoms in total. The van der Waals surface area contributed by atoms with Gasteiger partial charge in [0.05, 0.1) is 6.61 Å². The molecule has 2 aromatic carbocycles. The van der Waals surface area contributed by atoms with Crippen molar-refractivity contribution in [1.29, 1.82) is 0 Å². The van der Waals surface area contributed by atoms with Gasteiger partial charge in [0.15, 0.2) is 18.2 Å². The van der Waals surface area contributed by atoms with Crippen LogP contribution in [0.1, 0.15) is 18.4 Å². The summed E-state index contributed by atoms with van der Waals surface area (Å²) in [7, 11) is 0. The number of esters is 1. The normalized spacial score (nSPS) is 10.3. The minimum absolute atomic E-state index is 0.0801. The lowest BCUT2D eigenvalue weighted by atomic mass is 10.2. The first-order valence-corrected chi connectivity index (χ1v) is 8.04. The number of hydrogen-bond donors (Lipinski definition) is 1. The molecule has 1 amide bonds. The van der Waals surface area contributed by atoms with Crippen LogP contribution in [-0.4, -0.2) is 25.1 Å². The molecule has 0 aromatic heterocycles. The molecule has 7 heteroatoms. The van der Waals surface area contributed by atoms with E-state index in [4.69, 9.17) is 9.47 Å². The van der Waals surface area contributed by atoms with E-state index in [1.807, 2.05) is 31.2 Å². The molecular formula is C19H19F2NO4. The largest absolute Gasteiger partial charge is 0.494 e. The summed E-state index contributed by atoms with van der Waals surface area (Å²) in [5.41, 5.74) is 1.16. The molecule has 2 rings (SSSR count). The maximum absolute atomic E-state index is 13.0. The minimum atomic E-state index is -1.08. The predicted octanol–water partition coefficient (Wildman–Crippen LogP) is 3.61. The smallest absolute Gasteiger partial charge is 0.306 e. The Morgan fingerprint density at radius 2 is 1.88 bits per heavy atom. The number of rotatable bonds is 8. The van der Waals surface area contributed by atoms with Gasteiger partial charge in [-0.3, -0.25) is 9.59 Å². The molecule has 0 unspecified atom stereocenters. The van der Waals surface area contributed by atoms with Gasteiger partial charge >= 0.3 is 5.97 Å². The van der Waals surface area contributed by atoms with Crippen LogP contribution in [0.3, 0.4) is 0 Å². The van der Waals surface area contributed by atoms with Crippen molar-refractivity contribution < 1.29 is 27.8 Å². The van der Waals surface area contributed by atoms with Crippen LogP contribution in [0, 0.1) is 18.6 Å². The Hall–Kier alpha value is -2.96. The maximum atomic E-state index is 13.0. The molecule has 0 radical (unpaired) electrons. The van der Waals surface area contributed by atoms with Crippen LogP contribution in [0.25, 0.3) is 0 Å². The van der Waals surface area contributed by atoms with Gasteiger partial charge in [-0.2, -0.15) is 0 Å². The van der Waals surface area contributed by atoms with Gasteiger partial charge in [-0.15, -0.1) is 0 Å². The number of carbonyl (C=O) groups excluding carboxylic acids is 2. The second-order valence-electron chi connectivity index (χ2n) is 5.61. The molecule has 0 fully saturated rings. The summed E-state index contributed by atoms with van der Waals surface area (Å²) in [4.78, 5) is 23.2. The highest BCUT2D eigenvalue weighted by molar-refractivity contribution is 5.92. The third kappa shape index (κ3) is 6.51. The number of benzene rings is 2. The van der Waals surface area contributed by atoms with Crippen molar-refractivity contribution in [3.8, 4) is 5.75 Å². The number of carbonyl (C=O) groups is 2. The number of amides is 1. The van der Waals surface area contributed by atoms with Gasteiger partial charge in [0, 0.05) is 18.2 Å². The summed E-state index contributed by atoms with van der Waals surface area (Å²) >= 11 is 0. The van der Waals surface area contributed by atoms with Crippen molar-refractivity contribution in [2.24, 2.45) is 0 Å². The Bertz CT molecular complexity index is 780. The summed E-state index contributed by atoms with van der Waals surface area (Å²) in [5, 5.41) is 2.31. The van der Waals surface area contributed by atoms with Crippen LogP contribution in [0.5, 0.6) is 5.75 Å². The van der Waals surface area contributed by atoms with Crippen LogP contribution >= 0.6 is 0 Å². The molecule has 0 heterocycles. The molecular weight excluding hydrogens is 344 g/mol. The molecule has 0 aliphatic heterocycles. The summed E-state index contributed by atoms with van der Waals surface area (Å²) in [6.45, 7) is 1.80. The highest BCUT2D eigenvalue weighted by atomic mass is 19.2. The Labute approximate surface area is 149 Å². The summed E-state index contributed by atoms with van der Waals surface area (Å²) in [6, 6.07) is 10.5. The van der Waals surface area contributed by atoms with Gasteiger partial charge in [0.2, 0.25) is 0 Å². The van der Waals surface area contributed by atoms with Crippen molar-refractivity contribution in [2.75, 3.05) is 18.5 Å². The number of halogens is 2. The molecule has 2 aromatic rings. The number of hydrogen-bond acceptors (Lipinski definition) is 4. The average molecular weight is 363 g/mol. The number of aryl methyl sites for hydroxylation is 1. The quantitative estimate of drug-likeness (QED) is 0.575. The SMILES string of the molecule is Cc1cccc(OCCCC(=O)OCC(=O)Nc2ccc(F)c(F)c2)c1. The van der Waals surface area contributed by atoms with E-state index in [2.05, 4.69) is 5.32 Å². The van der Waals surface area contributed by atoms with E-state index in [1.54, 1.807) is 0 Å². The van der Waals surface area contributed by atoms with E-state index in [9.17, 15) is 18.4 Å². The number of anilines is 1. The van der Waals surface area contributed by atoms with Gasteiger partial charge in [0.1, 0.15) is 5.75 Å². The van der Waals surface area contributed by atoms with E-state index >= 15 is 0 Å². The van der Waals surface area contributed by atoms with Gasteiger partial charge in [-0.05, 0) is 43.2 Å². The monoisotopic (exact) mass is 363 g/mol. The van der Waals surface area contributed by atoms with Crippen molar-refractivity contribution >= 4 is 17.6 Å². The molecule has 0 saturated carbocycles. The number of nitrogens with one attached hydrogen (secondary N) is 1.